The molecule has 0 saturated carbocycles. The molecule has 2 aliphatic rings. The summed E-state index contributed by atoms with van der Waals surface area (Å²) >= 11 is 0. The second-order valence-corrected chi connectivity index (χ2v) is 6.20. The van der Waals surface area contributed by atoms with E-state index in [1.165, 1.54) is 0 Å². The van der Waals surface area contributed by atoms with Gasteiger partial charge in [0.25, 0.3) is 0 Å². The number of aromatic nitrogens is 1. The van der Waals surface area contributed by atoms with Crippen LogP contribution in [0.1, 0.15) is 25.5 Å². The standard InChI is InChI=1S/C17H26N4O/c1-2-20-13-14-21(17(20)22)16-7-11-19(12-8-16)10-6-15-5-3-4-9-18-15/h3-5,9,16H,2,6-8,10-14H2,1H3. The number of nitrogens with zero attached hydrogens (tertiary/aromatic N) is 4. The Morgan fingerprint density at radius 3 is 2.64 bits per heavy atom. The van der Waals surface area contributed by atoms with E-state index in [0.29, 0.717) is 6.04 Å². The zero-order chi connectivity index (χ0) is 15.4. The summed E-state index contributed by atoms with van der Waals surface area (Å²) in [6, 6.07) is 6.79. The monoisotopic (exact) mass is 302 g/mol. The first-order valence-corrected chi connectivity index (χ1v) is 8.45. The predicted molar refractivity (Wildman–Crippen MR) is 86.8 cm³/mol. The van der Waals surface area contributed by atoms with Crippen LogP contribution in [0.25, 0.3) is 0 Å². The highest BCUT2D eigenvalue weighted by molar-refractivity contribution is 5.76. The number of urea groups is 1. The third-order valence-corrected chi connectivity index (χ3v) is 4.92. The second-order valence-electron chi connectivity index (χ2n) is 6.20. The fourth-order valence-corrected chi connectivity index (χ4v) is 3.51. The topological polar surface area (TPSA) is 39.7 Å². The predicted octanol–water partition coefficient (Wildman–Crippen LogP) is 1.85. The summed E-state index contributed by atoms with van der Waals surface area (Å²) in [7, 11) is 0. The molecule has 0 spiro atoms. The minimum Gasteiger partial charge on any atom is -0.323 e. The van der Waals surface area contributed by atoms with Gasteiger partial charge in [-0.25, -0.2) is 4.79 Å². The summed E-state index contributed by atoms with van der Waals surface area (Å²) in [4.78, 5) is 23.2. The first-order valence-electron chi connectivity index (χ1n) is 8.45. The van der Waals surface area contributed by atoms with Gasteiger partial charge in [-0.1, -0.05) is 6.07 Å². The summed E-state index contributed by atoms with van der Waals surface area (Å²) in [6.45, 7) is 7.94. The summed E-state index contributed by atoms with van der Waals surface area (Å²) in [5.41, 5.74) is 1.16. The lowest BCUT2D eigenvalue weighted by molar-refractivity contribution is 0.130. The minimum atomic E-state index is 0.245. The SMILES string of the molecule is CCN1CCN(C2CCN(CCc3ccccn3)CC2)C1=O. The van der Waals surface area contributed by atoms with E-state index < -0.39 is 0 Å². The number of hydrogen-bond acceptors (Lipinski definition) is 3. The zero-order valence-electron chi connectivity index (χ0n) is 13.4. The minimum absolute atomic E-state index is 0.245. The van der Waals surface area contributed by atoms with Crippen molar-refractivity contribution in [2.24, 2.45) is 0 Å². The van der Waals surface area contributed by atoms with Gasteiger partial charge in [-0.05, 0) is 31.9 Å². The molecular formula is C17H26N4O. The number of hydrogen-bond donors (Lipinski definition) is 0. The van der Waals surface area contributed by atoms with Crippen LogP contribution in [0.4, 0.5) is 4.79 Å². The van der Waals surface area contributed by atoms with Crippen molar-refractivity contribution in [2.45, 2.75) is 32.2 Å². The van der Waals surface area contributed by atoms with Gasteiger partial charge in [0.05, 0.1) is 0 Å². The number of carbonyl (C=O) groups is 1. The normalized spacial score (nSPS) is 20.9. The van der Waals surface area contributed by atoms with E-state index in [4.69, 9.17) is 0 Å². The fourth-order valence-electron chi connectivity index (χ4n) is 3.51. The smallest absolute Gasteiger partial charge is 0.320 e. The number of piperidine rings is 1. The van der Waals surface area contributed by atoms with Crippen LogP contribution in [0, 0.1) is 0 Å². The molecule has 22 heavy (non-hydrogen) atoms. The van der Waals surface area contributed by atoms with Crippen molar-refractivity contribution in [1.29, 1.82) is 0 Å². The molecule has 0 unspecified atom stereocenters. The molecule has 3 heterocycles. The maximum atomic E-state index is 12.3. The molecule has 120 valence electrons. The van der Waals surface area contributed by atoms with E-state index in [2.05, 4.69) is 27.8 Å². The van der Waals surface area contributed by atoms with Crippen LogP contribution in [-0.4, -0.2) is 71.0 Å². The Morgan fingerprint density at radius 1 is 1.18 bits per heavy atom. The molecule has 1 aromatic rings. The molecule has 0 N–H and O–H groups in total. The van der Waals surface area contributed by atoms with Crippen molar-refractivity contribution in [3.8, 4) is 0 Å². The van der Waals surface area contributed by atoms with Crippen molar-refractivity contribution in [3.63, 3.8) is 0 Å². The van der Waals surface area contributed by atoms with E-state index in [1.54, 1.807) is 0 Å². The molecule has 3 rings (SSSR count). The lowest BCUT2D eigenvalue weighted by Crippen LogP contribution is -2.46. The number of likely N-dealkylation sites (tertiary alicyclic amines) is 1. The highest BCUT2D eigenvalue weighted by atomic mass is 16.2. The molecule has 0 aromatic carbocycles. The van der Waals surface area contributed by atoms with Crippen LogP contribution in [0.2, 0.25) is 0 Å². The van der Waals surface area contributed by atoms with Crippen molar-refractivity contribution in [2.75, 3.05) is 39.3 Å². The van der Waals surface area contributed by atoms with Gasteiger partial charge < -0.3 is 14.7 Å². The quantitative estimate of drug-likeness (QED) is 0.833. The van der Waals surface area contributed by atoms with Crippen LogP contribution in [-0.2, 0) is 6.42 Å². The Bertz CT molecular complexity index is 485. The van der Waals surface area contributed by atoms with Crippen LogP contribution >= 0.6 is 0 Å². The summed E-state index contributed by atoms with van der Waals surface area (Å²) < 4.78 is 0. The van der Waals surface area contributed by atoms with Gasteiger partial charge >= 0.3 is 6.03 Å². The fraction of sp³-hybridized carbons (Fsp3) is 0.647. The molecule has 0 atom stereocenters. The molecule has 1 aromatic heterocycles. The number of rotatable bonds is 5. The molecule has 0 radical (unpaired) electrons. The number of amides is 2. The van der Waals surface area contributed by atoms with Crippen molar-refractivity contribution >= 4 is 6.03 Å². The van der Waals surface area contributed by atoms with Gasteiger partial charge in [0.2, 0.25) is 0 Å². The van der Waals surface area contributed by atoms with Crippen molar-refractivity contribution in [1.82, 2.24) is 19.7 Å². The van der Waals surface area contributed by atoms with E-state index in [-0.39, 0.29) is 6.03 Å². The average Bonchev–Trinajstić information content (AvgIpc) is 2.95. The number of pyridine rings is 1. The molecule has 2 fully saturated rings. The third-order valence-electron chi connectivity index (χ3n) is 4.92. The number of carbonyl (C=O) groups excluding carboxylic acids is 1. The lowest BCUT2D eigenvalue weighted by Gasteiger charge is -2.36. The van der Waals surface area contributed by atoms with Crippen molar-refractivity contribution in [3.05, 3.63) is 30.1 Å². The van der Waals surface area contributed by atoms with Gasteiger partial charge in [-0.3, -0.25) is 4.98 Å². The molecule has 5 heteroatoms. The van der Waals surface area contributed by atoms with Gasteiger partial charge in [0.1, 0.15) is 0 Å². The van der Waals surface area contributed by atoms with Gasteiger partial charge in [-0.2, -0.15) is 0 Å². The first-order chi connectivity index (χ1) is 10.8. The summed E-state index contributed by atoms with van der Waals surface area (Å²) in [5.74, 6) is 0. The number of likely N-dealkylation sites (N-methyl/N-ethyl adjacent to an activating group) is 1. The van der Waals surface area contributed by atoms with Gasteiger partial charge in [-0.15, -0.1) is 0 Å². The Morgan fingerprint density at radius 2 is 2.00 bits per heavy atom. The van der Waals surface area contributed by atoms with Crippen LogP contribution in [0.15, 0.2) is 24.4 Å². The van der Waals surface area contributed by atoms with E-state index in [0.717, 1.165) is 64.2 Å². The lowest BCUT2D eigenvalue weighted by atomic mass is 10.0. The molecule has 0 bridgehead atoms. The molecular weight excluding hydrogens is 276 g/mol. The maximum Gasteiger partial charge on any atom is 0.320 e. The van der Waals surface area contributed by atoms with E-state index in [9.17, 15) is 4.79 Å². The molecule has 0 aliphatic carbocycles. The van der Waals surface area contributed by atoms with Gasteiger partial charge in [0, 0.05) is 63.6 Å². The van der Waals surface area contributed by atoms with Gasteiger partial charge in [0.15, 0.2) is 0 Å². The van der Waals surface area contributed by atoms with E-state index in [1.807, 2.05) is 23.2 Å². The second kappa shape index (κ2) is 7.09. The average molecular weight is 302 g/mol. The van der Waals surface area contributed by atoms with Crippen LogP contribution < -0.4 is 0 Å². The molecule has 2 amide bonds. The zero-order valence-corrected chi connectivity index (χ0v) is 13.4. The highest BCUT2D eigenvalue weighted by Crippen LogP contribution is 2.21. The van der Waals surface area contributed by atoms with Crippen molar-refractivity contribution < 1.29 is 4.79 Å². The van der Waals surface area contributed by atoms with Crippen LogP contribution in [0.3, 0.4) is 0 Å². The van der Waals surface area contributed by atoms with E-state index >= 15 is 0 Å². The Kier molecular flexibility index (Phi) is 4.93. The third kappa shape index (κ3) is 3.40. The molecule has 5 nitrogen and oxygen atoms in total. The maximum absolute atomic E-state index is 12.3. The highest BCUT2D eigenvalue weighted by Gasteiger charge is 2.34. The first kappa shape index (κ1) is 15.3. The van der Waals surface area contributed by atoms with Crippen LogP contribution in [0.5, 0.6) is 0 Å². The summed E-state index contributed by atoms with van der Waals surface area (Å²) in [6.07, 6.45) is 5.08. The Hall–Kier alpha value is -1.62. The molecule has 2 aliphatic heterocycles. The largest absolute Gasteiger partial charge is 0.323 e. The molecule has 2 saturated heterocycles. The Labute approximate surface area is 132 Å². The summed E-state index contributed by atoms with van der Waals surface area (Å²) in [5, 5.41) is 0. The Balaban J connectivity index is 1.44.